The summed E-state index contributed by atoms with van der Waals surface area (Å²) in [5.74, 6) is -0.509. The second kappa shape index (κ2) is 15.4. The Morgan fingerprint density at radius 1 is 0.966 bits per heavy atom. The van der Waals surface area contributed by atoms with E-state index in [4.69, 9.17) is 4.74 Å². The van der Waals surface area contributed by atoms with Crippen LogP contribution in [0.3, 0.4) is 0 Å². The average molecular weight is 827 g/mol. The summed E-state index contributed by atoms with van der Waals surface area (Å²) in [6.07, 6.45) is 6.43. The van der Waals surface area contributed by atoms with Gasteiger partial charge in [0.05, 0.1) is 20.8 Å². The molecule has 3 aromatic carbocycles. The zero-order valence-electron chi connectivity index (χ0n) is 32.7. The van der Waals surface area contributed by atoms with Gasteiger partial charge in [0.25, 0.3) is 0 Å². The number of esters is 1. The third-order valence-electron chi connectivity index (χ3n) is 12.6. The molecule has 1 aliphatic heterocycles. The average Bonchev–Trinajstić information content (AvgIpc) is 4.06. The number of ether oxygens (including phenoxy) is 1. The number of aliphatic hydroxyl groups is 1. The third kappa shape index (κ3) is 7.08. The highest BCUT2D eigenvalue weighted by Crippen LogP contribution is 2.51. The van der Waals surface area contributed by atoms with E-state index in [0.29, 0.717) is 15.3 Å². The molecular formula is C46H46N6O5S2. The second-order valence-electron chi connectivity index (χ2n) is 16.5. The van der Waals surface area contributed by atoms with Crippen molar-refractivity contribution in [2.75, 3.05) is 26.2 Å². The number of nitrogens with one attached hydrogen (secondary N) is 2. The van der Waals surface area contributed by atoms with Crippen molar-refractivity contribution in [3.63, 3.8) is 0 Å². The molecule has 302 valence electrons. The number of aryl methyl sites for hydroxylation is 2. The van der Waals surface area contributed by atoms with E-state index in [2.05, 4.69) is 36.3 Å². The Morgan fingerprint density at radius 3 is 2.64 bits per heavy atom. The molecule has 1 saturated carbocycles. The van der Waals surface area contributed by atoms with Gasteiger partial charge in [0, 0.05) is 47.9 Å². The van der Waals surface area contributed by atoms with E-state index in [0.717, 1.165) is 111 Å². The van der Waals surface area contributed by atoms with Gasteiger partial charge in [-0.25, -0.2) is 9.48 Å². The summed E-state index contributed by atoms with van der Waals surface area (Å²) >= 11 is 2.80. The molecule has 11 nitrogen and oxygen atoms in total. The second-order valence-corrected chi connectivity index (χ2v) is 18.6. The Morgan fingerprint density at radius 2 is 1.81 bits per heavy atom. The lowest BCUT2D eigenvalue weighted by molar-refractivity contribution is -0.191. The predicted molar refractivity (Wildman–Crippen MR) is 231 cm³/mol. The van der Waals surface area contributed by atoms with Gasteiger partial charge in [0.2, 0.25) is 11.2 Å². The standard InChI is InChI=1S/C46H46N6O5S2/c53-37-14-12-29(34-13-17-41(54)48-42(34)37)18-19-47-26-31-23-36-43(35-10-4-9-33(31)35)52(50-49-36)21-6-20-51-27-45(28-51)24-32(25-45)57-44(55)46(56,39-11-5-22-58-39)40-16-15-38(59-40)30-7-2-1-3-8-30/h1-3,5,7-8,11-17,22-23,32,47,53,56H,4,6,9-10,18-21,24-28H2,(H,48,54)/t46-/m1/s1. The zero-order valence-corrected chi connectivity index (χ0v) is 34.3. The number of rotatable bonds is 14. The van der Waals surface area contributed by atoms with E-state index >= 15 is 0 Å². The number of benzene rings is 3. The molecule has 1 atom stereocenters. The van der Waals surface area contributed by atoms with Crippen LogP contribution in [0.5, 0.6) is 5.75 Å². The number of carbonyl (C=O) groups is 1. The summed E-state index contributed by atoms with van der Waals surface area (Å²) < 4.78 is 8.17. The van der Waals surface area contributed by atoms with Gasteiger partial charge in [0.1, 0.15) is 17.4 Å². The van der Waals surface area contributed by atoms with E-state index in [1.54, 1.807) is 12.1 Å². The molecule has 4 aromatic heterocycles. The number of hydrogen-bond donors (Lipinski definition) is 4. The SMILES string of the molecule is O=C(OC1CC2(C1)CN(CCCn1nnc3cc(CNCCc4ccc(O)c5[nH]c(=O)ccc45)c4c(c31)CCC4)C2)[C@@](O)(c1cccs1)c1ccc(-c2ccccc2)s1. The normalized spacial score (nSPS) is 17.2. The van der Waals surface area contributed by atoms with Crippen molar-refractivity contribution in [3.05, 3.63) is 133 Å². The van der Waals surface area contributed by atoms with Gasteiger partial charge in [-0.1, -0.05) is 47.7 Å². The van der Waals surface area contributed by atoms with Crippen molar-refractivity contribution >= 4 is 50.6 Å². The fourth-order valence-electron chi connectivity index (χ4n) is 9.71. The molecule has 1 saturated heterocycles. The molecule has 2 fully saturated rings. The number of phenols is 1. The van der Waals surface area contributed by atoms with Gasteiger partial charge in [-0.05, 0) is 128 Å². The maximum absolute atomic E-state index is 13.8. The molecule has 0 unspecified atom stereocenters. The van der Waals surface area contributed by atoms with Crippen molar-refractivity contribution in [2.24, 2.45) is 5.41 Å². The number of hydrogen-bond acceptors (Lipinski definition) is 11. The van der Waals surface area contributed by atoms with Gasteiger partial charge in [-0.2, -0.15) is 0 Å². The fraction of sp³-hybridized carbons (Fsp3) is 0.348. The summed E-state index contributed by atoms with van der Waals surface area (Å²) in [7, 11) is 0. The molecule has 59 heavy (non-hydrogen) atoms. The minimum absolute atomic E-state index is 0.0819. The quantitative estimate of drug-likeness (QED) is 0.0678. The van der Waals surface area contributed by atoms with Crippen LogP contribution in [0.25, 0.3) is 32.4 Å². The highest BCUT2D eigenvalue weighted by atomic mass is 32.1. The van der Waals surface area contributed by atoms with E-state index in [9.17, 15) is 19.8 Å². The van der Waals surface area contributed by atoms with Gasteiger partial charge < -0.3 is 30.2 Å². The maximum atomic E-state index is 13.8. The summed E-state index contributed by atoms with van der Waals surface area (Å²) in [4.78, 5) is 33.0. The smallest absolute Gasteiger partial charge is 0.349 e. The lowest BCUT2D eigenvalue weighted by Crippen LogP contribution is -2.64. The molecule has 10 rings (SSSR count). The number of likely N-dealkylation sites (tertiary alicyclic amines) is 1. The summed E-state index contributed by atoms with van der Waals surface area (Å²) in [6, 6.07) is 26.5. The van der Waals surface area contributed by atoms with E-state index in [1.807, 2.05) is 66.0 Å². The van der Waals surface area contributed by atoms with Gasteiger partial charge >= 0.3 is 5.97 Å². The molecule has 0 amide bonds. The molecular weight excluding hydrogens is 781 g/mol. The van der Waals surface area contributed by atoms with Crippen LogP contribution in [0.15, 0.2) is 95.1 Å². The summed E-state index contributed by atoms with van der Waals surface area (Å²) in [6.45, 7) is 5.28. The molecule has 4 N–H and O–H groups in total. The Hall–Kier alpha value is -5.18. The molecule has 7 aromatic rings. The van der Waals surface area contributed by atoms with E-state index < -0.39 is 11.6 Å². The molecule has 2 aliphatic carbocycles. The third-order valence-corrected chi connectivity index (χ3v) is 14.8. The lowest BCUT2D eigenvalue weighted by atomic mass is 9.61. The molecule has 5 heterocycles. The van der Waals surface area contributed by atoms with Crippen LogP contribution in [0.2, 0.25) is 0 Å². The van der Waals surface area contributed by atoms with Gasteiger partial charge in [0.15, 0.2) is 0 Å². The number of aromatic amines is 1. The highest BCUT2D eigenvalue weighted by Gasteiger charge is 2.55. The number of H-pyrrole nitrogens is 1. The van der Waals surface area contributed by atoms with Crippen LogP contribution in [-0.2, 0) is 47.5 Å². The number of pyridine rings is 1. The minimum atomic E-state index is -1.83. The largest absolute Gasteiger partial charge is 0.506 e. The number of phenolic OH excluding ortho intramolecular Hbond substituents is 1. The molecule has 3 aliphatic rings. The molecule has 1 spiro atoms. The van der Waals surface area contributed by atoms with Crippen molar-refractivity contribution < 1.29 is 19.7 Å². The van der Waals surface area contributed by atoms with Crippen LogP contribution in [0.1, 0.15) is 57.7 Å². The predicted octanol–water partition coefficient (Wildman–Crippen LogP) is 6.92. The van der Waals surface area contributed by atoms with Crippen LogP contribution >= 0.6 is 22.7 Å². The minimum Gasteiger partial charge on any atom is -0.506 e. The number of thiophene rings is 2. The molecule has 0 radical (unpaired) electrons. The van der Waals surface area contributed by atoms with Crippen LogP contribution in [-0.4, -0.2) is 73.3 Å². The van der Waals surface area contributed by atoms with E-state index in [1.165, 1.54) is 50.9 Å². The van der Waals surface area contributed by atoms with Crippen LogP contribution in [0, 0.1) is 5.41 Å². The number of nitrogens with zero attached hydrogens (tertiary/aromatic N) is 4. The van der Waals surface area contributed by atoms with Gasteiger partial charge in [-0.15, -0.1) is 27.8 Å². The van der Waals surface area contributed by atoms with Crippen molar-refractivity contribution in [1.82, 2.24) is 30.2 Å². The lowest BCUT2D eigenvalue weighted by Gasteiger charge is -2.58. The van der Waals surface area contributed by atoms with Crippen LogP contribution < -0.4 is 10.9 Å². The van der Waals surface area contributed by atoms with Crippen LogP contribution in [0.4, 0.5) is 0 Å². The number of aromatic hydroxyl groups is 1. The topological polar surface area (TPSA) is 146 Å². The summed E-state index contributed by atoms with van der Waals surface area (Å²) in [5, 5.41) is 37.9. The van der Waals surface area contributed by atoms with E-state index in [-0.39, 0.29) is 22.8 Å². The fourth-order valence-corrected chi connectivity index (χ4v) is 11.7. The maximum Gasteiger partial charge on any atom is 0.349 e. The number of fused-ring (bicyclic) bond motifs is 4. The monoisotopic (exact) mass is 826 g/mol. The van der Waals surface area contributed by atoms with Crippen molar-refractivity contribution in [3.8, 4) is 16.2 Å². The highest BCUT2D eigenvalue weighted by molar-refractivity contribution is 7.16. The number of aromatic nitrogens is 4. The van der Waals surface area contributed by atoms with Crippen molar-refractivity contribution in [1.29, 1.82) is 0 Å². The first-order valence-electron chi connectivity index (χ1n) is 20.5. The Balaban J connectivity index is 0.714. The van der Waals surface area contributed by atoms with Gasteiger partial charge in [-0.3, -0.25) is 4.79 Å². The molecule has 13 heteroatoms. The molecule has 0 bridgehead atoms. The number of carbonyl (C=O) groups excluding carboxylic acids is 1. The first-order chi connectivity index (χ1) is 28.8. The first kappa shape index (κ1) is 38.0. The van der Waals surface area contributed by atoms with Crippen molar-refractivity contribution in [2.45, 2.75) is 69.7 Å². The Bertz CT molecular complexity index is 2710. The summed E-state index contributed by atoms with van der Waals surface area (Å²) in [5.41, 5.74) is 6.95. The first-order valence-corrected chi connectivity index (χ1v) is 22.2. The Labute approximate surface area is 349 Å². The Kier molecular flexibility index (Phi) is 9.96. The zero-order chi connectivity index (χ0) is 40.1.